The molecule has 0 aliphatic rings. The van der Waals surface area contributed by atoms with Gasteiger partial charge in [-0.2, -0.15) is 60.7 Å². The van der Waals surface area contributed by atoms with E-state index in [-0.39, 0.29) is 46.5 Å². The molecule has 5 aromatic rings. The van der Waals surface area contributed by atoms with Crippen LogP contribution in [0, 0.1) is 0 Å². The van der Waals surface area contributed by atoms with Gasteiger partial charge in [-0.05, 0) is 5.56 Å². The van der Waals surface area contributed by atoms with E-state index in [1.54, 1.807) is 0 Å². The smallest absolute Gasteiger partial charge is 0.214 e. The van der Waals surface area contributed by atoms with Crippen LogP contribution in [0.4, 0.5) is 0 Å². The van der Waals surface area contributed by atoms with Crippen LogP contribution in [0.3, 0.4) is 0 Å². The standard InChI is InChI=1S/C17H13Cl.2C5H5.ClH.2Fe/c18-17(15-10-4-5-11-15,16-12-6-7-13-16)14-8-2-1-3-9-14;2*1-2-4-5-3-1;;;/h1-13H;2*1-5H;1H;;/q-2;2*-1;;2*+2. The molecule has 0 aromatic heterocycles. The predicted octanol–water partition coefficient (Wildman–Crippen LogP) is 7.88. The molecule has 0 aliphatic heterocycles. The van der Waals surface area contributed by atoms with Gasteiger partial charge in [0.25, 0.3) is 0 Å². The van der Waals surface area contributed by atoms with E-state index in [1.165, 1.54) is 0 Å². The zero-order valence-corrected chi connectivity index (χ0v) is 20.6. The molecule has 0 atom stereocenters. The first-order valence-electron chi connectivity index (χ1n) is 9.34. The number of hydrogen-bond donors (Lipinski definition) is 0. The molecule has 31 heavy (non-hydrogen) atoms. The Kier molecular flexibility index (Phi) is 15.0. The maximum absolute atomic E-state index is 7.00. The average molecular weight is 531 g/mol. The largest absolute Gasteiger partial charge is 2.00 e. The van der Waals surface area contributed by atoms with Gasteiger partial charge in [0, 0.05) is 4.87 Å². The summed E-state index contributed by atoms with van der Waals surface area (Å²) in [5.74, 6) is 0. The molecule has 0 heterocycles. The second-order valence-electron chi connectivity index (χ2n) is 6.30. The minimum atomic E-state index is -0.589. The number of halogens is 2. The van der Waals surface area contributed by atoms with Gasteiger partial charge in [-0.3, -0.25) is 0 Å². The van der Waals surface area contributed by atoms with E-state index in [0.717, 1.165) is 16.7 Å². The molecule has 0 N–H and O–H groups in total. The molecule has 0 bridgehead atoms. The molecule has 0 amide bonds. The third-order valence-electron chi connectivity index (χ3n) is 4.40. The quantitative estimate of drug-likeness (QED) is 0.126. The summed E-state index contributed by atoms with van der Waals surface area (Å²) in [7, 11) is 0. The fourth-order valence-corrected chi connectivity index (χ4v) is 3.39. The Labute approximate surface area is 218 Å². The van der Waals surface area contributed by atoms with E-state index in [0.29, 0.717) is 0 Å². The Balaban J connectivity index is 0.000000577. The molecular formula is C27H24Cl2Fe2. The van der Waals surface area contributed by atoms with Gasteiger partial charge in [0.1, 0.15) is 0 Å². The first-order chi connectivity index (χ1) is 13.8. The number of hydrogen-bond acceptors (Lipinski definition) is 0. The summed E-state index contributed by atoms with van der Waals surface area (Å²) in [4.78, 5) is -0.589. The summed E-state index contributed by atoms with van der Waals surface area (Å²) < 4.78 is 0. The third kappa shape index (κ3) is 8.35. The van der Waals surface area contributed by atoms with Crippen molar-refractivity contribution < 1.29 is 34.1 Å². The average Bonchev–Trinajstić information content (AvgIpc) is 3.59. The van der Waals surface area contributed by atoms with Crippen molar-refractivity contribution in [1.29, 1.82) is 0 Å². The van der Waals surface area contributed by atoms with Gasteiger partial charge in [-0.15, -0.1) is 35.1 Å². The predicted molar refractivity (Wildman–Crippen MR) is 128 cm³/mol. The van der Waals surface area contributed by atoms with Crippen LogP contribution in [0.2, 0.25) is 0 Å². The molecule has 4 heteroatoms. The molecule has 0 radical (unpaired) electrons. The number of alkyl halides is 1. The summed E-state index contributed by atoms with van der Waals surface area (Å²) in [6, 6.07) is 46.6. The van der Waals surface area contributed by atoms with Crippen LogP contribution in [-0.4, -0.2) is 0 Å². The summed E-state index contributed by atoms with van der Waals surface area (Å²) in [5, 5.41) is 0. The second kappa shape index (κ2) is 16.0. The fourth-order valence-electron chi connectivity index (χ4n) is 3.02. The van der Waals surface area contributed by atoms with Crippen molar-refractivity contribution in [2.24, 2.45) is 0 Å². The van der Waals surface area contributed by atoms with Crippen molar-refractivity contribution in [3.63, 3.8) is 0 Å². The Morgan fingerprint density at radius 2 is 0.903 bits per heavy atom. The van der Waals surface area contributed by atoms with E-state index < -0.39 is 4.87 Å². The first-order valence-corrected chi connectivity index (χ1v) is 9.72. The summed E-state index contributed by atoms with van der Waals surface area (Å²) in [6.45, 7) is 0. The van der Waals surface area contributed by atoms with Gasteiger partial charge in [0.2, 0.25) is 0 Å². The van der Waals surface area contributed by atoms with Crippen LogP contribution in [-0.2, 0) is 39.0 Å². The minimum Gasteiger partial charge on any atom is -0.214 e. The fraction of sp³-hybridized carbons (Fsp3) is 0.0370. The van der Waals surface area contributed by atoms with E-state index in [4.69, 9.17) is 11.6 Å². The Bertz CT molecular complexity index is 859. The van der Waals surface area contributed by atoms with Crippen LogP contribution in [0.5, 0.6) is 0 Å². The van der Waals surface area contributed by atoms with Crippen molar-refractivity contribution in [2.45, 2.75) is 4.87 Å². The molecule has 0 nitrogen and oxygen atoms in total. The molecule has 0 saturated carbocycles. The molecule has 0 spiro atoms. The van der Waals surface area contributed by atoms with Gasteiger partial charge >= 0.3 is 34.1 Å². The number of benzene rings is 1. The van der Waals surface area contributed by atoms with Gasteiger partial charge < -0.3 is 0 Å². The van der Waals surface area contributed by atoms with E-state index >= 15 is 0 Å². The van der Waals surface area contributed by atoms with Crippen LogP contribution in [0.25, 0.3) is 0 Å². The van der Waals surface area contributed by atoms with Gasteiger partial charge in [-0.1, -0.05) is 30.3 Å². The monoisotopic (exact) mass is 530 g/mol. The molecular weight excluding hydrogens is 507 g/mol. The van der Waals surface area contributed by atoms with E-state index in [2.05, 4.69) is 36.4 Å². The Hall–Kier alpha value is -1.76. The van der Waals surface area contributed by atoms with Crippen molar-refractivity contribution in [3.05, 3.63) is 156 Å². The maximum atomic E-state index is 7.00. The number of rotatable bonds is 3. The van der Waals surface area contributed by atoms with E-state index in [9.17, 15) is 0 Å². The van der Waals surface area contributed by atoms with Crippen LogP contribution in [0.15, 0.2) is 140 Å². The SMILES string of the molecule is Cl.ClC(c1ccccc1)([c-]1cccc1)[c-]1cccc1.[Fe+2].[Fe+2].c1cc[cH-]c1.c1cc[cH-]c1. The zero-order valence-electron chi connectivity index (χ0n) is 16.8. The molecule has 5 aromatic carbocycles. The summed E-state index contributed by atoms with van der Waals surface area (Å²) in [6.07, 6.45) is 0. The molecule has 5 rings (SSSR count). The van der Waals surface area contributed by atoms with Gasteiger partial charge in [0.15, 0.2) is 0 Å². The molecule has 0 unspecified atom stereocenters. The molecule has 162 valence electrons. The van der Waals surface area contributed by atoms with Crippen molar-refractivity contribution in [3.8, 4) is 0 Å². The van der Waals surface area contributed by atoms with Crippen LogP contribution >= 0.6 is 24.0 Å². The Morgan fingerprint density at radius 1 is 0.548 bits per heavy atom. The van der Waals surface area contributed by atoms with Crippen LogP contribution < -0.4 is 0 Å². The third-order valence-corrected chi connectivity index (χ3v) is 5.06. The molecule has 0 fully saturated rings. The van der Waals surface area contributed by atoms with Crippen molar-refractivity contribution >= 4 is 24.0 Å². The molecule has 0 saturated heterocycles. The van der Waals surface area contributed by atoms with Crippen molar-refractivity contribution in [2.75, 3.05) is 0 Å². The topological polar surface area (TPSA) is 0 Å². The Morgan fingerprint density at radius 3 is 1.19 bits per heavy atom. The minimum absolute atomic E-state index is 0. The normalized spacial score (nSPS) is 9.32. The van der Waals surface area contributed by atoms with Gasteiger partial charge in [0.05, 0.1) is 0 Å². The summed E-state index contributed by atoms with van der Waals surface area (Å²) >= 11 is 7.00. The zero-order chi connectivity index (χ0) is 19.5. The second-order valence-corrected chi connectivity index (χ2v) is 6.86. The molecule has 0 aliphatic carbocycles. The van der Waals surface area contributed by atoms with Gasteiger partial charge in [-0.25, -0.2) is 48.5 Å². The van der Waals surface area contributed by atoms with Crippen molar-refractivity contribution in [1.82, 2.24) is 0 Å². The maximum Gasteiger partial charge on any atom is 2.00 e. The summed E-state index contributed by atoms with van der Waals surface area (Å²) in [5.41, 5.74) is 3.33. The van der Waals surface area contributed by atoms with E-state index in [1.807, 2.05) is 103 Å². The van der Waals surface area contributed by atoms with Crippen LogP contribution in [0.1, 0.15) is 16.7 Å². The first kappa shape index (κ1) is 29.2.